The van der Waals surface area contributed by atoms with E-state index in [1.165, 1.54) is 5.56 Å². The highest BCUT2D eigenvalue weighted by Crippen LogP contribution is 2.23. The van der Waals surface area contributed by atoms with Crippen LogP contribution in [0.2, 0.25) is 0 Å². The van der Waals surface area contributed by atoms with Crippen molar-refractivity contribution in [3.63, 3.8) is 0 Å². The summed E-state index contributed by atoms with van der Waals surface area (Å²) in [5.41, 5.74) is 2.04. The average Bonchev–Trinajstić information content (AvgIpc) is 2.84. The van der Waals surface area contributed by atoms with E-state index in [1.807, 2.05) is 31.2 Å². The zero-order valence-corrected chi connectivity index (χ0v) is 14.0. The van der Waals surface area contributed by atoms with Gasteiger partial charge in [0.05, 0.1) is 5.75 Å². The van der Waals surface area contributed by atoms with Crippen LogP contribution in [0.15, 0.2) is 24.3 Å². The van der Waals surface area contributed by atoms with E-state index in [-0.39, 0.29) is 11.8 Å². The predicted octanol–water partition coefficient (Wildman–Crippen LogP) is 2.50. The largest absolute Gasteiger partial charge is 0.310 e. The third-order valence-corrected chi connectivity index (χ3v) is 5.89. The molecule has 1 aromatic carbocycles. The van der Waals surface area contributed by atoms with Gasteiger partial charge >= 0.3 is 0 Å². The second kappa shape index (κ2) is 6.90. The lowest BCUT2D eigenvalue weighted by Gasteiger charge is -2.21. The van der Waals surface area contributed by atoms with Gasteiger partial charge in [0.1, 0.15) is 0 Å². The highest BCUT2D eigenvalue weighted by atomic mass is 32.2. The van der Waals surface area contributed by atoms with E-state index in [0.717, 1.165) is 24.9 Å². The summed E-state index contributed by atoms with van der Waals surface area (Å²) >= 11 is 0. The molecule has 0 aliphatic carbocycles. The summed E-state index contributed by atoms with van der Waals surface area (Å²) in [6.45, 7) is 7.69. The highest BCUT2D eigenvalue weighted by molar-refractivity contribution is 7.88. The molecule has 0 saturated carbocycles. The molecule has 1 atom stereocenters. The summed E-state index contributed by atoms with van der Waals surface area (Å²) < 4.78 is 26.5. The second-order valence-electron chi connectivity index (χ2n) is 6.21. The van der Waals surface area contributed by atoms with E-state index >= 15 is 0 Å². The molecule has 118 valence electrons. The summed E-state index contributed by atoms with van der Waals surface area (Å²) in [5.74, 6) is 0.106. The van der Waals surface area contributed by atoms with Crippen LogP contribution >= 0.6 is 0 Å². The Morgan fingerprint density at radius 1 is 1.24 bits per heavy atom. The molecule has 0 radical (unpaired) electrons. The summed E-state index contributed by atoms with van der Waals surface area (Å²) in [5, 5.41) is 3.35. The molecule has 0 bridgehead atoms. The van der Waals surface area contributed by atoms with Gasteiger partial charge in [-0.25, -0.2) is 8.42 Å². The van der Waals surface area contributed by atoms with Crippen molar-refractivity contribution in [2.75, 3.05) is 6.54 Å². The van der Waals surface area contributed by atoms with E-state index in [4.69, 9.17) is 0 Å². The van der Waals surface area contributed by atoms with Crippen molar-refractivity contribution in [2.45, 2.75) is 58.0 Å². The molecule has 21 heavy (non-hydrogen) atoms. The average molecular weight is 310 g/mol. The minimum atomic E-state index is -3.18. The quantitative estimate of drug-likeness (QED) is 0.878. The number of benzene rings is 1. The molecule has 0 aromatic heterocycles. The van der Waals surface area contributed by atoms with E-state index in [2.05, 4.69) is 19.2 Å². The maximum atomic E-state index is 12.4. The van der Waals surface area contributed by atoms with Crippen LogP contribution in [0.4, 0.5) is 0 Å². The number of hydrogen-bond acceptors (Lipinski definition) is 3. The lowest BCUT2D eigenvalue weighted by atomic mass is 10.1. The van der Waals surface area contributed by atoms with Gasteiger partial charge in [-0.3, -0.25) is 0 Å². The number of nitrogens with one attached hydrogen (secondary N) is 1. The maximum Gasteiger partial charge on any atom is 0.218 e. The van der Waals surface area contributed by atoms with E-state index < -0.39 is 10.0 Å². The zero-order valence-electron chi connectivity index (χ0n) is 13.2. The Labute approximate surface area is 128 Å². The van der Waals surface area contributed by atoms with Crippen molar-refractivity contribution < 1.29 is 8.42 Å². The van der Waals surface area contributed by atoms with Gasteiger partial charge in [0.2, 0.25) is 10.0 Å². The monoisotopic (exact) mass is 310 g/mol. The van der Waals surface area contributed by atoms with Gasteiger partial charge in [-0.05, 0) is 30.9 Å². The summed E-state index contributed by atoms with van der Waals surface area (Å²) in [6.07, 6.45) is 1.94. The number of nitrogens with zero attached hydrogens (tertiary/aromatic N) is 1. The van der Waals surface area contributed by atoms with Crippen molar-refractivity contribution in [3.8, 4) is 0 Å². The van der Waals surface area contributed by atoms with Crippen LogP contribution in [0.3, 0.4) is 0 Å². The number of hydrogen-bond donors (Lipinski definition) is 1. The zero-order chi connectivity index (χ0) is 15.5. The maximum absolute atomic E-state index is 12.4. The molecule has 0 amide bonds. The van der Waals surface area contributed by atoms with Crippen LogP contribution in [0.1, 0.15) is 44.7 Å². The number of sulfonamides is 1. The first-order valence-electron chi connectivity index (χ1n) is 7.69. The Bertz CT molecular complexity index is 552. The van der Waals surface area contributed by atoms with Crippen LogP contribution in [0.25, 0.3) is 0 Å². The first kappa shape index (κ1) is 16.5. The molecule has 1 unspecified atom stereocenters. The SMILES string of the molecule is CC(C)NCc1ccc(CS(=O)(=O)N2CCCC2C)cc1. The van der Waals surface area contributed by atoms with Crippen molar-refractivity contribution in [2.24, 2.45) is 0 Å². The lowest BCUT2D eigenvalue weighted by Crippen LogP contribution is -2.34. The van der Waals surface area contributed by atoms with Gasteiger partial charge in [-0.2, -0.15) is 4.31 Å². The van der Waals surface area contributed by atoms with Gasteiger partial charge in [0.15, 0.2) is 0 Å². The third-order valence-electron chi connectivity index (χ3n) is 3.94. The molecule has 1 heterocycles. The van der Waals surface area contributed by atoms with Gasteiger partial charge in [-0.1, -0.05) is 38.1 Å². The van der Waals surface area contributed by atoms with Gasteiger partial charge in [0.25, 0.3) is 0 Å². The van der Waals surface area contributed by atoms with Crippen molar-refractivity contribution >= 4 is 10.0 Å². The minimum Gasteiger partial charge on any atom is -0.310 e. The molecule has 1 aliphatic rings. The van der Waals surface area contributed by atoms with Gasteiger partial charge in [-0.15, -0.1) is 0 Å². The van der Waals surface area contributed by atoms with Crippen LogP contribution in [0.5, 0.6) is 0 Å². The summed E-state index contributed by atoms with van der Waals surface area (Å²) in [7, 11) is -3.18. The van der Waals surface area contributed by atoms with Crippen molar-refractivity contribution in [1.82, 2.24) is 9.62 Å². The normalized spacial score (nSPS) is 20.3. The van der Waals surface area contributed by atoms with E-state index in [0.29, 0.717) is 12.6 Å². The van der Waals surface area contributed by atoms with Crippen LogP contribution in [-0.2, 0) is 22.3 Å². The Balaban J connectivity index is 1.99. The Morgan fingerprint density at radius 3 is 2.38 bits per heavy atom. The van der Waals surface area contributed by atoms with E-state index in [9.17, 15) is 8.42 Å². The first-order valence-corrected chi connectivity index (χ1v) is 9.30. The fraction of sp³-hybridized carbons (Fsp3) is 0.625. The second-order valence-corrected chi connectivity index (χ2v) is 8.13. The fourth-order valence-corrected chi connectivity index (χ4v) is 4.53. The lowest BCUT2D eigenvalue weighted by molar-refractivity contribution is 0.407. The summed E-state index contributed by atoms with van der Waals surface area (Å²) in [4.78, 5) is 0. The standard InChI is InChI=1S/C16H26N2O2S/c1-13(2)17-11-15-6-8-16(9-7-15)12-21(19,20)18-10-4-5-14(18)3/h6-9,13-14,17H,4-5,10-12H2,1-3H3. The fourth-order valence-electron chi connectivity index (χ4n) is 2.69. The molecule has 1 fully saturated rings. The molecule has 0 spiro atoms. The molecule has 5 heteroatoms. The van der Waals surface area contributed by atoms with Crippen LogP contribution < -0.4 is 5.32 Å². The minimum absolute atomic E-state index is 0.106. The number of rotatable bonds is 6. The summed E-state index contributed by atoms with van der Waals surface area (Å²) in [6, 6.07) is 8.46. The van der Waals surface area contributed by atoms with Crippen molar-refractivity contribution in [3.05, 3.63) is 35.4 Å². The van der Waals surface area contributed by atoms with E-state index in [1.54, 1.807) is 4.31 Å². The molecule has 4 nitrogen and oxygen atoms in total. The predicted molar refractivity (Wildman–Crippen MR) is 86.4 cm³/mol. The topological polar surface area (TPSA) is 49.4 Å². The molecular weight excluding hydrogens is 284 g/mol. The molecule has 1 aliphatic heterocycles. The smallest absolute Gasteiger partial charge is 0.218 e. The van der Waals surface area contributed by atoms with Gasteiger partial charge in [0, 0.05) is 25.2 Å². The van der Waals surface area contributed by atoms with Crippen LogP contribution in [-0.4, -0.2) is 31.4 Å². The molecule has 2 rings (SSSR count). The van der Waals surface area contributed by atoms with Crippen molar-refractivity contribution in [1.29, 1.82) is 0 Å². The Hall–Kier alpha value is -0.910. The molecule has 1 N–H and O–H groups in total. The first-order chi connectivity index (χ1) is 9.88. The molecule has 1 aromatic rings. The van der Waals surface area contributed by atoms with Gasteiger partial charge < -0.3 is 5.32 Å². The van der Waals surface area contributed by atoms with Crippen LogP contribution in [0, 0.1) is 0 Å². The molecular formula is C16H26N2O2S. The Kier molecular flexibility index (Phi) is 5.41. The Morgan fingerprint density at radius 2 is 1.86 bits per heavy atom. The molecule has 1 saturated heterocycles. The highest BCUT2D eigenvalue weighted by Gasteiger charge is 2.31. The third kappa shape index (κ3) is 4.53.